The van der Waals surface area contributed by atoms with Crippen molar-refractivity contribution in [3.05, 3.63) is 34.3 Å². The van der Waals surface area contributed by atoms with Crippen molar-refractivity contribution in [2.75, 3.05) is 7.11 Å². The van der Waals surface area contributed by atoms with Gasteiger partial charge < -0.3 is 4.74 Å². The zero-order valence-electron chi connectivity index (χ0n) is 10.1. The van der Waals surface area contributed by atoms with E-state index >= 15 is 0 Å². The normalized spacial score (nSPS) is 10.4. The first-order valence-corrected chi connectivity index (χ1v) is 7.17. The number of ether oxygens (including phenoxy) is 1. The second-order valence-electron chi connectivity index (χ2n) is 3.61. The minimum atomic E-state index is -0.377. The molecule has 0 radical (unpaired) electrons. The third-order valence-corrected chi connectivity index (χ3v) is 3.84. The summed E-state index contributed by atoms with van der Waals surface area (Å²) in [6.45, 7) is 0.0200. The number of hydrogen-bond donors (Lipinski definition) is 0. The van der Waals surface area contributed by atoms with Crippen LogP contribution in [0.4, 0.5) is 0 Å². The van der Waals surface area contributed by atoms with Crippen LogP contribution < -0.4 is 0 Å². The molecule has 0 amide bonds. The van der Waals surface area contributed by atoms with Gasteiger partial charge in [0.2, 0.25) is 5.16 Å². The van der Waals surface area contributed by atoms with Gasteiger partial charge in [-0.2, -0.15) is 0 Å². The minimum absolute atomic E-state index is 0.0200. The van der Waals surface area contributed by atoms with Gasteiger partial charge in [0.05, 0.1) is 7.11 Å². The number of benzene rings is 1. The largest absolute Gasteiger partial charge is 0.468 e. The second-order valence-corrected chi connectivity index (χ2v) is 5.47. The third kappa shape index (κ3) is 4.03. The molecule has 8 heteroatoms. The average Bonchev–Trinajstić information content (AvgIpc) is 2.85. The summed E-state index contributed by atoms with van der Waals surface area (Å²) >= 11 is 4.86. The number of methoxy groups -OCH3 is 1. The van der Waals surface area contributed by atoms with E-state index in [1.165, 1.54) is 23.6 Å². The Morgan fingerprint density at radius 2 is 2.16 bits per heavy atom. The molecule has 0 aliphatic rings. The molecule has 1 aromatic heterocycles. The van der Waals surface area contributed by atoms with Gasteiger partial charge in [-0.1, -0.05) is 39.8 Å². The molecule has 2 aromatic rings. The van der Waals surface area contributed by atoms with Gasteiger partial charge in [0.15, 0.2) is 0 Å². The average molecular weight is 343 g/mol. The Hall–Kier alpha value is -1.41. The Labute approximate surface area is 122 Å². The van der Waals surface area contributed by atoms with Crippen molar-refractivity contribution in [3.8, 4) is 0 Å². The topological polar surface area (TPSA) is 69.9 Å². The highest BCUT2D eigenvalue weighted by Gasteiger charge is 2.11. The Kier molecular flexibility index (Phi) is 4.92. The molecular weight excluding hydrogens is 332 g/mol. The maximum Gasteiger partial charge on any atom is 0.327 e. The van der Waals surface area contributed by atoms with Crippen molar-refractivity contribution in [2.45, 2.75) is 17.5 Å². The predicted molar refractivity (Wildman–Crippen MR) is 73.5 cm³/mol. The van der Waals surface area contributed by atoms with Crippen LogP contribution in [0.15, 0.2) is 33.9 Å². The van der Waals surface area contributed by atoms with Crippen molar-refractivity contribution in [3.63, 3.8) is 0 Å². The zero-order chi connectivity index (χ0) is 13.7. The molecule has 0 fully saturated rings. The van der Waals surface area contributed by atoms with Crippen molar-refractivity contribution < 1.29 is 9.53 Å². The van der Waals surface area contributed by atoms with Gasteiger partial charge in [0.25, 0.3) is 0 Å². The lowest BCUT2D eigenvalue weighted by atomic mass is 10.2. The van der Waals surface area contributed by atoms with E-state index in [1.807, 2.05) is 24.3 Å². The number of tetrazole rings is 1. The molecule has 0 saturated heterocycles. The van der Waals surface area contributed by atoms with Crippen molar-refractivity contribution in [1.82, 2.24) is 20.2 Å². The number of rotatable bonds is 5. The molecular formula is C11H11BrN4O2S. The van der Waals surface area contributed by atoms with E-state index in [-0.39, 0.29) is 12.5 Å². The number of thioether (sulfide) groups is 1. The number of esters is 1. The molecule has 1 heterocycles. The van der Waals surface area contributed by atoms with Gasteiger partial charge in [-0.15, -0.1) is 5.10 Å². The maximum absolute atomic E-state index is 11.2. The Morgan fingerprint density at radius 1 is 1.42 bits per heavy atom. The van der Waals surface area contributed by atoms with Crippen LogP contribution in [0, 0.1) is 0 Å². The SMILES string of the molecule is COC(=O)Cn1nnnc1SCc1ccc(Br)cc1. The van der Waals surface area contributed by atoms with Gasteiger partial charge in [-0.25, -0.2) is 4.68 Å². The summed E-state index contributed by atoms with van der Waals surface area (Å²) in [7, 11) is 1.33. The van der Waals surface area contributed by atoms with Crippen LogP contribution in [0.25, 0.3) is 0 Å². The number of hydrogen-bond acceptors (Lipinski definition) is 6. The molecule has 0 bridgehead atoms. The maximum atomic E-state index is 11.2. The van der Waals surface area contributed by atoms with Crippen LogP contribution >= 0.6 is 27.7 Å². The fraction of sp³-hybridized carbons (Fsp3) is 0.273. The fourth-order valence-corrected chi connectivity index (χ4v) is 2.41. The van der Waals surface area contributed by atoms with E-state index in [2.05, 4.69) is 36.2 Å². The summed E-state index contributed by atoms with van der Waals surface area (Å²) in [6.07, 6.45) is 0. The van der Waals surface area contributed by atoms with E-state index in [0.717, 1.165) is 15.8 Å². The quantitative estimate of drug-likeness (QED) is 0.610. The highest BCUT2D eigenvalue weighted by Crippen LogP contribution is 2.21. The molecule has 19 heavy (non-hydrogen) atoms. The molecule has 2 rings (SSSR count). The number of aromatic nitrogens is 4. The molecule has 0 unspecified atom stereocenters. The summed E-state index contributed by atoms with van der Waals surface area (Å²) < 4.78 is 7.05. The van der Waals surface area contributed by atoms with Crippen LogP contribution in [0.5, 0.6) is 0 Å². The molecule has 0 aliphatic carbocycles. The third-order valence-electron chi connectivity index (χ3n) is 2.29. The van der Waals surface area contributed by atoms with Crippen molar-refractivity contribution in [1.29, 1.82) is 0 Å². The van der Waals surface area contributed by atoms with Crippen molar-refractivity contribution >= 4 is 33.7 Å². The first-order chi connectivity index (χ1) is 9.19. The summed E-state index contributed by atoms with van der Waals surface area (Å²) in [5, 5.41) is 11.8. The molecule has 0 spiro atoms. The summed E-state index contributed by atoms with van der Waals surface area (Å²) in [4.78, 5) is 11.2. The molecule has 100 valence electrons. The molecule has 0 atom stereocenters. The molecule has 6 nitrogen and oxygen atoms in total. The Balaban J connectivity index is 1.98. The first-order valence-electron chi connectivity index (χ1n) is 5.39. The Bertz CT molecular complexity index is 558. The summed E-state index contributed by atoms with van der Waals surface area (Å²) in [6, 6.07) is 8.00. The summed E-state index contributed by atoms with van der Waals surface area (Å²) in [5.41, 5.74) is 1.15. The molecule has 1 aromatic carbocycles. The number of carbonyl (C=O) groups excluding carboxylic acids is 1. The Morgan fingerprint density at radius 3 is 2.84 bits per heavy atom. The predicted octanol–water partition coefficient (Wildman–Crippen LogP) is 1.90. The van der Waals surface area contributed by atoms with Crippen LogP contribution in [-0.4, -0.2) is 33.3 Å². The van der Waals surface area contributed by atoms with Gasteiger partial charge in [0.1, 0.15) is 6.54 Å². The number of halogens is 1. The van der Waals surface area contributed by atoms with E-state index in [0.29, 0.717) is 5.16 Å². The highest BCUT2D eigenvalue weighted by atomic mass is 79.9. The van der Waals surface area contributed by atoms with E-state index in [9.17, 15) is 4.79 Å². The van der Waals surface area contributed by atoms with Crippen LogP contribution in [0.2, 0.25) is 0 Å². The zero-order valence-corrected chi connectivity index (χ0v) is 12.5. The van der Waals surface area contributed by atoms with Crippen molar-refractivity contribution in [2.24, 2.45) is 0 Å². The van der Waals surface area contributed by atoms with Gasteiger partial charge >= 0.3 is 5.97 Å². The summed E-state index contributed by atoms with van der Waals surface area (Å²) in [5.74, 6) is 0.354. The van der Waals surface area contributed by atoms with Gasteiger partial charge in [-0.05, 0) is 28.1 Å². The standard InChI is InChI=1S/C11H11BrN4O2S/c1-18-10(17)6-16-11(13-14-15-16)19-7-8-2-4-9(12)5-3-8/h2-5H,6-7H2,1H3. The van der Waals surface area contributed by atoms with E-state index < -0.39 is 0 Å². The number of nitrogens with zero attached hydrogens (tertiary/aromatic N) is 4. The lowest BCUT2D eigenvalue weighted by Gasteiger charge is -2.03. The fourth-order valence-electron chi connectivity index (χ4n) is 1.31. The van der Waals surface area contributed by atoms with Crippen LogP contribution in [-0.2, 0) is 21.8 Å². The first kappa shape index (κ1) is 14.0. The lowest BCUT2D eigenvalue weighted by Crippen LogP contribution is -2.13. The van der Waals surface area contributed by atoms with Crippen LogP contribution in [0.3, 0.4) is 0 Å². The molecule has 0 N–H and O–H groups in total. The lowest BCUT2D eigenvalue weighted by molar-refractivity contribution is -0.141. The minimum Gasteiger partial charge on any atom is -0.468 e. The van der Waals surface area contributed by atoms with E-state index in [4.69, 9.17) is 0 Å². The van der Waals surface area contributed by atoms with Gasteiger partial charge in [-0.3, -0.25) is 4.79 Å². The van der Waals surface area contributed by atoms with E-state index in [1.54, 1.807) is 0 Å². The molecule has 0 saturated carbocycles. The van der Waals surface area contributed by atoms with Crippen LogP contribution in [0.1, 0.15) is 5.56 Å². The highest BCUT2D eigenvalue weighted by molar-refractivity contribution is 9.10. The number of carbonyl (C=O) groups is 1. The second kappa shape index (κ2) is 6.67. The monoisotopic (exact) mass is 342 g/mol. The molecule has 0 aliphatic heterocycles. The smallest absolute Gasteiger partial charge is 0.327 e. The van der Waals surface area contributed by atoms with Gasteiger partial charge in [0, 0.05) is 10.2 Å².